The van der Waals surface area contributed by atoms with Crippen LogP contribution in [0.25, 0.3) is 34.9 Å². The Kier molecular flexibility index (Phi) is 14.4. The van der Waals surface area contributed by atoms with Crippen LogP contribution in [-0.4, -0.2) is 67.7 Å². The molecule has 2 saturated heterocycles. The van der Waals surface area contributed by atoms with Crippen LogP contribution in [0.4, 0.5) is 0 Å². The van der Waals surface area contributed by atoms with Crippen molar-refractivity contribution in [2.24, 2.45) is 0 Å². The zero-order valence-corrected chi connectivity index (χ0v) is 28.2. The highest BCUT2D eigenvalue weighted by molar-refractivity contribution is 5.87. The first-order valence-electron chi connectivity index (χ1n) is 16.8. The summed E-state index contributed by atoms with van der Waals surface area (Å²) < 4.78 is 0. The Morgan fingerprint density at radius 3 is 2.39 bits per heavy atom. The van der Waals surface area contributed by atoms with E-state index in [9.17, 15) is 0 Å². The Morgan fingerprint density at radius 1 is 1.00 bits per heavy atom. The number of H-pyrrole nitrogens is 2. The lowest BCUT2D eigenvalue weighted by Crippen LogP contribution is -2.28. The minimum atomic E-state index is 0.747. The number of aromatic amines is 2. The average molecular weight is 598 g/mol. The van der Waals surface area contributed by atoms with Gasteiger partial charge in [0.05, 0.1) is 11.0 Å². The van der Waals surface area contributed by atoms with Gasteiger partial charge >= 0.3 is 0 Å². The number of likely N-dealkylation sites (tertiary alicyclic amines) is 2. The topological polar surface area (TPSA) is 76.7 Å². The van der Waals surface area contributed by atoms with Crippen LogP contribution in [-0.2, 0) is 6.42 Å². The van der Waals surface area contributed by atoms with Crippen molar-refractivity contribution in [3.63, 3.8) is 0 Å². The van der Waals surface area contributed by atoms with E-state index in [-0.39, 0.29) is 0 Å². The molecule has 5 rings (SSSR count). The van der Waals surface area contributed by atoms with Crippen molar-refractivity contribution in [1.82, 2.24) is 34.9 Å². The summed E-state index contributed by atoms with van der Waals surface area (Å²) in [6, 6.07) is 2.23. The Hall–Kier alpha value is -3.71. The summed E-state index contributed by atoms with van der Waals surface area (Å²) in [5, 5.41) is 9.78. The van der Waals surface area contributed by atoms with Crippen molar-refractivity contribution >= 4 is 23.4 Å². The molecule has 0 unspecified atom stereocenters. The average Bonchev–Trinajstić information content (AvgIpc) is 3.83. The highest BCUT2D eigenvalue weighted by Gasteiger charge is 2.21. The van der Waals surface area contributed by atoms with Gasteiger partial charge in [-0.2, -0.15) is 5.10 Å². The highest BCUT2D eigenvalue weighted by Crippen LogP contribution is 2.26. The molecule has 0 aromatic carbocycles. The van der Waals surface area contributed by atoms with E-state index in [0.29, 0.717) is 0 Å². The summed E-state index contributed by atoms with van der Waals surface area (Å²) in [7, 11) is 0. The number of hydrogen-bond acceptors (Lipinski definition) is 5. The van der Waals surface area contributed by atoms with Gasteiger partial charge in [0.1, 0.15) is 11.4 Å². The fourth-order valence-electron chi connectivity index (χ4n) is 5.88. The molecule has 7 heteroatoms. The molecular formula is C37H55N7. The number of piperidine rings is 1. The summed E-state index contributed by atoms with van der Waals surface area (Å²) in [6.07, 6.45) is 20.5. The van der Waals surface area contributed by atoms with Crippen molar-refractivity contribution in [2.75, 3.05) is 32.7 Å². The Balaban J connectivity index is 0.00000127. The van der Waals surface area contributed by atoms with E-state index in [4.69, 9.17) is 4.98 Å². The highest BCUT2D eigenvalue weighted by atomic mass is 15.2. The molecule has 0 saturated carbocycles. The Morgan fingerprint density at radius 2 is 1.70 bits per heavy atom. The first kappa shape index (κ1) is 34.8. The van der Waals surface area contributed by atoms with Crippen LogP contribution in [0, 0.1) is 6.92 Å². The molecular weight excluding hydrogens is 542 g/mol. The van der Waals surface area contributed by atoms with Crippen LogP contribution >= 0.6 is 0 Å². The van der Waals surface area contributed by atoms with Crippen molar-refractivity contribution in [1.29, 1.82) is 0 Å². The number of aryl methyl sites for hydroxylation is 2. The number of nitrogens with zero attached hydrogens (tertiary/aromatic N) is 5. The Labute approximate surface area is 265 Å². The molecule has 238 valence electrons. The number of rotatable bonds is 10. The van der Waals surface area contributed by atoms with Crippen molar-refractivity contribution in [3.8, 4) is 11.5 Å². The van der Waals surface area contributed by atoms with E-state index in [2.05, 4.69) is 68.3 Å². The molecule has 7 nitrogen and oxygen atoms in total. The summed E-state index contributed by atoms with van der Waals surface area (Å²) in [6.45, 7) is 26.2. The van der Waals surface area contributed by atoms with E-state index < -0.39 is 0 Å². The standard InChI is InChI=1S/C33H43N7.2C2H6/c1-5-13-30(40-18-8-7-9-19-40)31-25(4)35-33(36-31)32-28(29(6-2)37-38-32)20-24(3)27-21-26(22-34-23-27)14-12-17-39-15-10-11-16-39;2*1-2/h5-6,13,20-23,37H,1,3,7-12,14-19H2,2,4H3,(H,35,36);2*1-2H3/b28-20+,29-6+,30-13+;;. The van der Waals surface area contributed by atoms with Crippen LogP contribution in [0.1, 0.15) is 95.7 Å². The van der Waals surface area contributed by atoms with Gasteiger partial charge in [0.15, 0.2) is 5.82 Å². The van der Waals surface area contributed by atoms with Crippen molar-refractivity contribution < 1.29 is 0 Å². The molecule has 2 aliphatic heterocycles. The van der Waals surface area contributed by atoms with Gasteiger partial charge in [0.2, 0.25) is 0 Å². The second-order valence-corrected chi connectivity index (χ2v) is 11.0. The van der Waals surface area contributed by atoms with Gasteiger partial charge in [0.25, 0.3) is 0 Å². The number of aromatic nitrogens is 5. The van der Waals surface area contributed by atoms with Crippen LogP contribution < -0.4 is 10.6 Å². The van der Waals surface area contributed by atoms with Crippen LogP contribution in [0.15, 0.2) is 43.8 Å². The third-order valence-electron chi connectivity index (χ3n) is 8.07. The second-order valence-electron chi connectivity index (χ2n) is 11.0. The molecule has 0 spiro atoms. The van der Waals surface area contributed by atoms with Gasteiger partial charge < -0.3 is 14.8 Å². The lowest BCUT2D eigenvalue weighted by atomic mass is 10.0. The summed E-state index contributed by atoms with van der Waals surface area (Å²) >= 11 is 0. The molecule has 0 aliphatic carbocycles. The van der Waals surface area contributed by atoms with Gasteiger partial charge in [0, 0.05) is 36.4 Å². The number of nitrogens with one attached hydrogen (secondary N) is 2. The minimum Gasteiger partial charge on any atom is -0.370 e. The summed E-state index contributed by atoms with van der Waals surface area (Å²) in [5.41, 5.74) is 7.08. The van der Waals surface area contributed by atoms with Gasteiger partial charge in [-0.15, -0.1) is 0 Å². The predicted molar refractivity (Wildman–Crippen MR) is 188 cm³/mol. The predicted octanol–water partition coefficient (Wildman–Crippen LogP) is 6.89. The maximum absolute atomic E-state index is 5.07. The van der Waals surface area contributed by atoms with Crippen molar-refractivity contribution in [2.45, 2.75) is 86.5 Å². The second kappa shape index (κ2) is 18.2. The van der Waals surface area contributed by atoms with Gasteiger partial charge in [-0.05, 0) is 113 Å². The molecule has 5 heterocycles. The zero-order chi connectivity index (χ0) is 31.9. The largest absolute Gasteiger partial charge is 0.370 e. The van der Waals surface area contributed by atoms with Gasteiger partial charge in [-0.3, -0.25) is 10.1 Å². The zero-order valence-electron chi connectivity index (χ0n) is 28.2. The van der Waals surface area contributed by atoms with Gasteiger partial charge in [-0.25, -0.2) is 4.98 Å². The molecule has 2 aliphatic rings. The lowest BCUT2D eigenvalue weighted by Gasteiger charge is -2.30. The third-order valence-corrected chi connectivity index (χ3v) is 8.07. The van der Waals surface area contributed by atoms with Crippen molar-refractivity contribution in [3.05, 3.63) is 76.9 Å². The summed E-state index contributed by atoms with van der Waals surface area (Å²) in [5.74, 6) is 0.747. The monoisotopic (exact) mass is 597 g/mol. The van der Waals surface area contributed by atoms with Crippen LogP contribution in [0.5, 0.6) is 0 Å². The molecule has 3 aromatic heterocycles. The molecule has 44 heavy (non-hydrogen) atoms. The first-order valence-corrected chi connectivity index (χ1v) is 16.8. The van der Waals surface area contributed by atoms with E-state index in [1.807, 2.05) is 59.2 Å². The molecule has 3 aromatic rings. The first-order chi connectivity index (χ1) is 21.6. The fraction of sp³-hybridized carbons (Fsp3) is 0.486. The Bertz CT molecular complexity index is 1480. The van der Waals surface area contributed by atoms with E-state index in [1.165, 1.54) is 50.8 Å². The van der Waals surface area contributed by atoms with Crippen LogP contribution in [0.3, 0.4) is 0 Å². The smallest absolute Gasteiger partial charge is 0.159 e. The normalized spacial score (nSPS) is 16.3. The number of allylic oxidation sites excluding steroid dienone is 3. The van der Waals surface area contributed by atoms with Gasteiger partial charge in [-0.1, -0.05) is 53.0 Å². The number of hydrogen-bond donors (Lipinski definition) is 2. The number of imidazole rings is 1. The molecule has 0 amide bonds. The van der Waals surface area contributed by atoms with E-state index >= 15 is 0 Å². The third kappa shape index (κ3) is 8.91. The molecule has 0 atom stereocenters. The lowest BCUT2D eigenvalue weighted by molar-refractivity contribution is 0.325. The maximum Gasteiger partial charge on any atom is 0.159 e. The molecule has 0 bridgehead atoms. The molecule has 2 fully saturated rings. The van der Waals surface area contributed by atoms with E-state index in [0.717, 1.165) is 82.8 Å². The maximum atomic E-state index is 5.07. The molecule has 2 N–H and O–H groups in total. The quantitative estimate of drug-likeness (QED) is 0.249. The SMILES string of the molecule is C=C/C=C(\c1nc(-c2n[nH]c(=C/C)/c2=C\C(=C)c2cncc(CCCN3CCCC3)c2)[nH]c1C)N1CCCCC1.CC.CC. The minimum absolute atomic E-state index is 0.747. The van der Waals surface area contributed by atoms with Crippen LogP contribution in [0.2, 0.25) is 0 Å². The van der Waals surface area contributed by atoms with E-state index in [1.54, 1.807) is 0 Å². The summed E-state index contributed by atoms with van der Waals surface area (Å²) in [4.78, 5) is 18.1. The molecule has 0 radical (unpaired) electrons. The fourth-order valence-corrected chi connectivity index (χ4v) is 5.88. The number of pyridine rings is 1.